The topological polar surface area (TPSA) is 68.5 Å². The molecular weight excluding hydrogens is 458 g/mol. The average molecular weight is 476 g/mol. The lowest BCUT2D eigenvalue weighted by atomic mass is 10.1. The van der Waals surface area contributed by atoms with Crippen LogP contribution in [0.3, 0.4) is 0 Å². The number of methoxy groups -OCH3 is 1. The van der Waals surface area contributed by atoms with Crippen LogP contribution in [0.15, 0.2) is 87.8 Å². The molecule has 3 aromatic carbocycles. The number of hydrogen-bond acceptors (Lipinski definition) is 4. The smallest absolute Gasteiger partial charge is 0.248 e. The van der Waals surface area contributed by atoms with E-state index in [1.807, 2.05) is 42.5 Å². The Morgan fingerprint density at radius 1 is 1.00 bits per heavy atom. The van der Waals surface area contributed by atoms with Gasteiger partial charge in [0.15, 0.2) is 5.76 Å². The molecule has 0 saturated heterocycles. The highest BCUT2D eigenvalue weighted by molar-refractivity contribution is 9.10. The summed E-state index contributed by atoms with van der Waals surface area (Å²) in [6.45, 7) is 0. The number of amides is 1. The van der Waals surface area contributed by atoms with E-state index < -0.39 is 0 Å². The van der Waals surface area contributed by atoms with E-state index >= 15 is 0 Å². The van der Waals surface area contributed by atoms with Crippen LogP contribution >= 0.6 is 15.9 Å². The largest absolute Gasteiger partial charge is 0.496 e. The Labute approximate surface area is 187 Å². The van der Waals surface area contributed by atoms with Gasteiger partial charge in [0.1, 0.15) is 11.3 Å². The number of halogens is 1. The molecule has 0 spiro atoms. The first-order valence-electron chi connectivity index (χ1n) is 9.50. The van der Waals surface area contributed by atoms with E-state index in [9.17, 15) is 9.59 Å². The van der Waals surface area contributed by atoms with Crippen molar-refractivity contribution in [1.82, 2.24) is 0 Å². The molecule has 1 aromatic heterocycles. The molecule has 0 atom stereocenters. The fourth-order valence-corrected chi connectivity index (χ4v) is 3.71. The molecule has 4 aromatic rings. The van der Waals surface area contributed by atoms with Crippen LogP contribution in [0, 0.1) is 0 Å². The van der Waals surface area contributed by atoms with Crippen LogP contribution in [0.1, 0.15) is 21.7 Å². The summed E-state index contributed by atoms with van der Waals surface area (Å²) in [5.74, 6) is -0.0253. The van der Waals surface area contributed by atoms with Gasteiger partial charge >= 0.3 is 0 Å². The van der Waals surface area contributed by atoms with Crippen LogP contribution in [0.25, 0.3) is 17.0 Å². The average Bonchev–Trinajstić information content (AvgIpc) is 3.16. The van der Waals surface area contributed by atoms with Gasteiger partial charge in [0.05, 0.1) is 17.3 Å². The highest BCUT2D eigenvalue weighted by Crippen LogP contribution is 2.34. The molecule has 6 heteroatoms. The first kappa shape index (κ1) is 20.6. The van der Waals surface area contributed by atoms with Gasteiger partial charge < -0.3 is 14.5 Å². The monoisotopic (exact) mass is 475 g/mol. The van der Waals surface area contributed by atoms with Crippen LogP contribution in [-0.2, 0) is 4.79 Å². The number of ether oxygens (including phenoxy) is 1. The number of rotatable bonds is 6. The molecule has 0 fully saturated rings. The minimum absolute atomic E-state index is 0.0692. The second-order valence-electron chi connectivity index (χ2n) is 6.71. The number of fused-ring (bicyclic) bond motifs is 1. The third kappa shape index (κ3) is 4.44. The first-order chi connectivity index (χ1) is 15.1. The molecule has 5 nitrogen and oxygen atoms in total. The van der Waals surface area contributed by atoms with E-state index in [-0.39, 0.29) is 17.5 Å². The van der Waals surface area contributed by atoms with E-state index in [2.05, 4.69) is 21.2 Å². The van der Waals surface area contributed by atoms with Crippen molar-refractivity contribution < 1.29 is 18.7 Å². The van der Waals surface area contributed by atoms with Gasteiger partial charge in [-0.05, 0) is 57.9 Å². The van der Waals surface area contributed by atoms with Crippen molar-refractivity contribution >= 4 is 50.4 Å². The molecule has 4 rings (SSSR count). The van der Waals surface area contributed by atoms with E-state index in [1.165, 1.54) is 6.08 Å². The minimum Gasteiger partial charge on any atom is -0.496 e. The van der Waals surface area contributed by atoms with Gasteiger partial charge in [-0.2, -0.15) is 0 Å². The summed E-state index contributed by atoms with van der Waals surface area (Å²) in [5.41, 5.74) is 2.16. The number of nitrogens with one attached hydrogen (secondary N) is 1. The number of anilines is 1. The molecule has 1 heterocycles. The Bertz CT molecular complexity index is 1290. The third-order valence-electron chi connectivity index (χ3n) is 4.69. The summed E-state index contributed by atoms with van der Waals surface area (Å²) in [7, 11) is 1.55. The zero-order valence-electron chi connectivity index (χ0n) is 16.6. The highest BCUT2D eigenvalue weighted by atomic mass is 79.9. The van der Waals surface area contributed by atoms with Crippen molar-refractivity contribution in [3.8, 4) is 5.75 Å². The lowest BCUT2D eigenvalue weighted by Crippen LogP contribution is -2.11. The molecule has 0 bridgehead atoms. The summed E-state index contributed by atoms with van der Waals surface area (Å²) < 4.78 is 11.7. The normalized spacial score (nSPS) is 11.0. The third-order valence-corrected chi connectivity index (χ3v) is 5.31. The van der Waals surface area contributed by atoms with Crippen molar-refractivity contribution in [1.29, 1.82) is 0 Å². The van der Waals surface area contributed by atoms with Crippen LogP contribution in [0.2, 0.25) is 0 Å². The van der Waals surface area contributed by atoms with Gasteiger partial charge in [0.25, 0.3) is 0 Å². The van der Waals surface area contributed by atoms with Gasteiger partial charge in [-0.1, -0.05) is 42.5 Å². The van der Waals surface area contributed by atoms with Crippen molar-refractivity contribution in [3.63, 3.8) is 0 Å². The molecule has 0 aliphatic rings. The maximum Gasteiger partial charge on any atom is 0.248 e. The molecule has 154 valence electrons. The van der Waals surface area contributed by atoms with E-state index in [4.69, 9.17) is 9.15 Å². The SMILES string of the molecule is COc1ccc(C(=O)c2oc3ccccc3c2NC(=O)/C=C/c2ccccc2)cc1Br. The van der Waals surface area contributed by atoms with Gasteiger partial charge in [-0.25, -0.2) is 0 Å². The van der Waals surface area contributed by atoms with Crippen LogP contribution in [0.5, 0.6) is 5.75 Å². The van der Waals surface area contributed by atoms with Crippen molar-refractivity contribution in [2.45, 2.75) is 0 Å². The Morgan fingerprint density at radius 2 is 1.74 bits per heavy atom. The second kappa shape index (κ2) is 9.02. The summed E-state index contributed by atoms with van der Waals surface area (Å²) in [4.78, 5) is 25.8. The Morgan fingerprint density at radius 3 is 2.48 bits per heavy atom. The zero-order chi connectivity index (χ0) is 21.8. The number of carbonyl (C=O) groups is 2. The number of hydrogen-bond donors (Lipinski definition) is 1. The van der Waals surface area contributed by atoms with Crippen molar-refractivity contribution in [2.24, 2.45) is 0 Å². The lowest BCUT2D eigenvalue weighted by Gasteiger charge is -2.06. The number of benzene rings is 3. The number of furan rings is 1. The van der Waals surface area contributed by atoms with Crippen LogP contribution in [-0.4, -0.2) is 18.8 Å². The summed E-state index contributed by atoms with van der Waals surface area (Å²) in [6, 6.07) is 21.7. The van der Waals surface area contributed by atoms with E-state index in [0.717, 1.165) is 5.56 Å². The molecule has 0 radical (unpaired) electrons. The number of para-hydroxylation sites is 1. The van der Waals surface area contributed by atoms with Gasteiger partial charge in [-0.3, -0.25) is 9.59 Å². The van der Waals surface area contributed by atoms with Crippen LogP contribution < -0.4 is 10.1 Å². The fourth-order valence-electron chi connectivity index (χ4n) is 3.17. The predicted molar refractivity (Wildman–Crippen MR) is 124 cm³/mol. The summed E-state index contributed by atoms with van der Waals surface area (Å²) in [5, 5.41) is 3.47. The number of ketones is 1. The Balaban J connectivity index is 1.69. The first-order valence-corrected chi connectivity index (χ1v) is 10.3. The number of carbonyl (C=O) groups excluding carboxylic acids is 2. The van der Waals surface area contributed by atoms with Crippen LogP contribution in [0.4, 0.5) is 5.69 Å². The Hall–Kier alpha value is -3.64. The molecule has 0 aliphatic heterocycles. The molecule has 31 heavy (non-hydrogen) atoms. The maximum atomic E-state index is 13.2. The van der Waals surface area contributed by atoms with E-state index in [1.54, 1.807) is 43.5 Å². The molecule has 0 aliphatic carbocycles. The van der Waals surface area contributed by atoms with Crippen molar-refractivity contribution in [3.05, 3.63) is 100 Å². The second-order valence-corrected chi connectivity index (χ2v) is 7.57. The summed E-state index contributed by atoms with van der Waals surface area (Å²) in [6.07, 6.45) is 3.13. The molecule has 0 saturated carbocycles. The zero-order valence-corrected chi connectivity index (χ0v) is 18.2. The van der Waals surface area contributed by atoms with E-state index in [0.29, 0.717) is 32.4 Å². The Kier molecular flexibility index (Phi) is 6.00. The standard InChI is InChI=1S/C25H18BrNO4/c1-30-21-13-12-17(15-19(21)26)24(29)25-23(18-9-5-6-10-20(18)31-25)27-22(28)14-11-16-7-3-2-4-8-16/h2-15H,1H3,(H,27,28)/b14-11+. The fraction of sp³-hybridized carbons (Fsp3) is 0.0400. The molecule has 1 N–H and O–H groups in total. The quantitative estimate of drug-likeness (QED) is 0.270. The predicted octanol–water partition coefficient (Wildman–Crippen LogP) is 6.09. The summed E-state index contributed by atoms with van der Waals surface area (Å²) >= 11 is 3.40. The maximum absolute atomic E-state index is 13.2. The lowest BCUT2D eigenvalue weighted by molar-refractivity contribution is -0.111. The highest BCUT2D eigenvalue weighted by Gasteiger charge is 2.23. The molecular formula is C25H18BrNO4. The van der Waals surface area contributed by atoms with Gasteiger partial charge in [0.2, 0.25) is 11.7 Å². The van der Waals surface area contributed by atoms with Crippen molar-refractivity contribution in [2.75, 3.05) is 12.4 Å². The van der Waals surface area contributed by atoms with Gasteiger partial charge in [-0.15, -0.1) is 0 Å². The molecule has 0 unspecified atom stereocenters. The minimum atomic E-state index is -0.361. The molecule has 1 amide bonds. The van der Waals surface area contributed by atoms with Gasteiger partial charge in [0, 0.05) is 17.0 Å².